The van der Waals surface area contributed by atoms with E-state index in [9.17, 15) is 0 Å². The summed E-state index contributed by atoms with van der Waals surface area (Å²) in [7, 11) is 1.65. The molecule has 21 heavy (non-hydrogen) atoms. The van der Waals surface area contributed by atoms with E-state index < -0.39 is 0 Å². The highest BCUT2D eigenvalue weighted by Gasteiger charge is 2.22. The SMILES string of the molecule is CCNC(=NCC(C)Oc1ccccc1OC)NC1CC1. The van der Waals surface area contributed by atoms with Crippen molar-refractivity contribution in [2.45, 2.75) is 38.8 Å². The molecule has 116 valence electrons. The van der Waals surface area contributed by atoms with E-state index in [1.54, 1.807) is 7.11 Å². The minimum atomic E-state index is -0.0176. The van der Waals surface area contributed by atoms with Gasteiger partial charge in [-0.05, 0) is 38.8 Å². The molecule has 2 rings (SSSR count). The molecule has 0 aromatic heterocycles. The first kappa shape index (κ1) is 15.5. The Morgan fingerprint density at radius 3 is 2.67 bits per heavy atom. The number of aliphatic imine (C=N–C) groups is 1. The third-order valence-electron chi connectivity index (χ3n) is 3.17. The van der Waals surface area contributed by atoms with Crippen molar-refractivity contribution in [3.05, 3.63) is 24.3 Å². The highest BCUT2D eigenvalue weighted by molar-refractivity contribution is 5.80. The van der Waals surface area contributed by atoms with Crippen LogP contribution in [0, 0.1) is 0 Å². The number of rotatable bonds is 7. The summed E-state index contributed by atoms with van der Waals surface area (Å²) >= 11 is 0. The van der Waals surface area contributed by atoms with E-state index in [4.69, 9.17) is 9.47 Å². The Bertz CT molecular complexity index is 472. The summed E-state index contributed by atoms with van der Waals surface area (Å²) in [4.78, 5) is 4.57. The normalized spacial score (nSPS) is 16.2. The Hall–Kier alpha value is -1.91. The smallest absolute Gasteiger partial charge is 0.191 e. The van der Waals surface area contributed by atoms with Crippen LogP contribution in [0.3, 0.4) is 0 Å². The molecule has 1 aromatic carbocycles. The van der Waals surface area contributed by atoms with Crippen molar-refractivity contribution >= 4 is 5.96 Å². The lowest BCUT2D eigenvalue weighted by molar-refractivity contribution is 0.219. The van der Waals surface area contributed by atoms with E-state index in [1.807, 2.05) is 31.2 Å². The molecule has 0 spiro atoms. The zero-order chi connectivity index (χ0) is 15.1. The zero-order valence-electron chi connectivity index (χ0n) is 13.1. The number of hydrogen-bond acceptors (Lipinski definition) is 3. The summed E-state index contributed by atoms with van der Waals surface area (Å²) in [6.07, 6.45) is 2.45. The van der Waals surface area contributed by atoms with Crippen molar-refractivity contribution in [1.29, 1.82) is 0 Å². The lowest BCUT2D eigenvalue weighted by Gasteiger charge is -2.16. The van der Waals surface area contributed by atoms with Gasteiger partial charge in [-0.3, -0.25) is 0 Å². The second-order valence-corrected chi connectivity index (χ2v) is 5.22. The van der Waals surface area contributed by atoms with Crippen LogP contribution < -0.4 is 20.1 Å². The van der Waals surface area contributed by atoms with E-state index in [0.717, 1.165) is 24.0 Å². The number of ether oxygens (including phenoxy) is 2. The van der Waals surface area contributed by atoms with Gasteiger partial charge in [0.2, 0.25) is 0 Å². The average molecular weight is 291 g/mol. The van der Waals surface area contributed by atoms with Gasteiger partial charge in [-0.25, -0.2) is 4.99 Å². The van der Waals surface area contributed by atoms with Gasteiger partial charge >= 0.3 is 0 Å². The first-order valence-electron chi connectivity index (χ1n) is 7.57. The summed E-state index contributed by atoms with van der Waals surface area (Å²) in [6.45, 7) is 5.54. The van der Waals surface area contributed by atoms with E-state index in [1.165, 1.54) is 12.8 Å². The minimum Gasteiger partial charge on any atom is -0.493 e. The molecule has 5 heteroatoms. The molecule has 1 unspecified atom stereocenters. The molecule has 0 radical (unpaired) electrons. The maximum atomic E-state index is 5.90. The quantitative estimate of drug-likeness (QED) is 0.597. The van der Waals surface area contributed by atoms with Gasteiger partial charge < -0.3 is 20.1 Å². The highest BCUT2D eigenvalue weighted by atomic mass is 16.5. The molecule has 0 bridgehead atoms. The fourth-order valence-corrected chi connectivity index (χ4v) is 1.93. The molecular formula is C16H25N3O2. The molecule has 5 nitrogen and oxygen atoms in total. The van der Waals surface area contributed by atoms with Crippen LogP contribution in [0.5, 0.6) is 11.5 Å². The molecule has 1 saturated carbocycles. The topological polar surface area (TPSA) is 54.9 Å². The minimum absolute atomic E-state index is 0.0176. The molecule has 1 aliphatic carbocycles. The molecule has 0 amide bonds. The predicted octanol–water partition coefficient (Wildman–Crippen LogP) is 2.18. The number of guanidine groups is 1. The van der Waals surface area contributed by atoms with Gasteiger partial charge in [0.05, 0.1) is 13.7 Å². The van der Waals surface area contributed by atoms with Gasteiger partial charge in [0, 0.05) is 12.6 Å². The fourth-order valence-electron chi connectivity index (χ4n) is 1.93. The first-order valence-corrected chi connectivity index (χ1v) is 7.57. The number of benzene rings is 1. The van der Waals surface area contributed by atoms with Gasteiger partial charge in [0.15, 0.2) is 17.5 Å². The van der Waals surface area contributed by atoms with E-state index in [2.05, 4.69) is 22.5 Å². The summed E-state index contributed by atoms with van der Waals surface area (Å²) in [5.74, 6) is 2.37. The second kappa shape index (κ2) is 7.76. The van der Waals surface area contributed by atoms with Gasteiger partial charge in [-0.1, -0.05) is 12.1 Å². The second-order valence-electron chi connectivity index (χ2n) is 5.22. The molecule has 1 aliphatic rings. The predicted molar refractivity (Wildman–Crippen MR) is 85.2 cm³/mol. The number of nitrogens with zero attached hydrogens (tertiary/aromatic N) is 1. The van der Waals surface area contributed by atoms with E-state index in [-0.39, 0.29) is 6.10 Å². The average Bonchev–Trinajstić information content (AvgIpc) is 3.29. The summed E-state index contributed by atoms with van der Waals surface area (Å²) in [5.41, 5.74) is 0. The summed E-state index contributed by atoms with van der Waals surface area (Å²) in [5, 5.41) is 6.65. The number of methoxy groups -OCH3 is 1. The lowest BCUT2D eigenvalue weighted by atomic mass is 10.3. The molecule has 1 atom stereocenters. The molecule has 0 aliphatic heterocycles. The largest absolute Gasteiger partial charge is 0.493 e. The standard InChI is InChI=1S/C16H25N3O2/c1-4-17-16(19-13-9-10-13)18-11-12(2)21-15-8-6-5-7-14(15)20-3/h5-8,12-13H,4,9-11H2,1-3H3,(H2,17,18,19). The van der Waals surface area contributed by atoms with Crippen molar-refractivity contribution in [1.82, 2.24) is 10.6 Å². The molecule has 1 aromatic rings. The van der Waals surface area contributed by atoms with E-state index in [0.29, 0.717) is 12.6 Å². The maximum Gasteiger partial charge on any atom is 0.191 e. The Morgan fingerprint density at radius 1 is 1.33 bits per heavy atom. The van der Waals surface area contributed by atoms with Gasteiger partial charge in [0.25, 0.3) is 0 Å². The van der Waals surface area contributed by atoms with Crippen LogP contribution >= 0.6 is 0 Å². The number of para-hydroxylation sites is 2. The van der Waals surface area contributed by atoms with Crippen LogP contribution in [-0.2, 0) is 0 Å². The van der Waals surface area contributed by atoms with Crippen molar-refractivity contribution in [2.24, 2.45) is 4.99 Å². The van der Waals surface area contributed by atoms with Crippen LogP contribution in [0.25, 0.3) is 0 Å². The Kier molecular flexibility index (Phi) is 5.72. The van der Waals surface area contributed by atoms with Crippen molar-refractivity contribution in [2.75, 3.05) is 20.2 Å². The van der Waals surface area contributed by atoms with Gasteiger partial charge in [0.1, 0.15) is 6.10 Å². The van der Waals surface area contributed by atoms with Crippen LogP contribution in [0.1, 0.15) is 26.7 Å². The molecule has 0 heterocycles. The van der Waals surface area contributed by atoms with Crippen molar-refractivity contribution < 1.29 is 9.47 Å². The van der Waals surface area contributed by atoms with Crippen LogP contribution in [0.4, 0.5) is 0 Å². The molecule has 0 saturated heterocycles. The Morgan fingerprint density at radius 2 is 2.05 bits per heavy atom. The Labute approximate surface area is 126 Å². The van der Waals surface area contributed by atoms with Gasteiger partial charge in [-0.2, -0.15) is 0 Å². The van der Waals surface area contributed by atoms with Crippen LogP contribution in [0.15, 0.2) is 29.3 Å². The lowest BCUT2D eigenvalue weighted by Crippen LogP contribution is -2.39. The maximum absolute atomic E-state index is 5.90. The summed E-state index contributed by atoms with van der Waals surface area (Å²) < 4.78 is 11.2. The zero-order valence-corrected chi connectivity index (χ0v) is 13.1. The van der Waals surface area contributed by atoms with Gasteiger partial charge in [-0.15, -0.1) is 0 Å². The van der Waals surface area contributed by atoms with Crippen LogP contribution in [-0.4, -0.2) is 38.3 Å². The third kappa shape index (κ3) is 5.17. The van der Waals surface area contributed by atoms with Crippen LogP contribution in [0.2, 0.25) is 0 Å². The van der Waals surface area contributed by atoms with Crippen molar-refractivity contribution in [3.63, 3.8) is 0 Å². The summed E-state index contributed by atoms with van der Waals surface area (Å²) in [6, 6.07) is 8.26. The first-order chi connectivity index (χ1) is 10.2. The van der Waals surface area contributed by atoms with Crippen molar-refractivity contribution in [3.8, 4) is 11.5 Å². The fraction of sp³-hybridized carbons (Fsp3) is 0.562. The third-order valence-corrected chi connectivity index (χ3v) is 3.17. The molecule has 1 fully saturated rings. The highest BCUT2D eigenvalue weighted by Crippen LogP contribution is 2.26. The monoisotopic (exact) mass is 291 g/mol. The Balaban J connectivity index is 1.88. The number of hydrogen-bond donors (Lipinski definition) is 2. The number of nitrogens with one attached hydrogen (secondary N) is 2. The van der Waals surface area contributed by atoms with E-state index >= 15 is 0 Å². The molecular weight excluding hydrogens is 266 g/mol. The molecule has 2 N–H and O–H groups in total.